The van der Waals surface area contributed by atoms with Gasteiger partial charge in [0.25, 0.3) is 0 Å². The lowest BCUT2D eigenvalue weighted by atomic mass is 10.2. The minimum absolute atomic E-state index is 0.0165. The number of halogens is 1. The molecular formula is C14H11FN6O4. The van der Waals surface area contributed by atoms with Crippen molar-refractivity contribution in [2.45, 2.75) is 13.1 Å². The van der Waals surface area contributed by atoms with E-state index in [1.807, 2.05) is 0 Å². The lowest BCUT2D eigenvalue weighted by Gasteiger charge is -2.01. The molecule has 0 fully saturated rings. The van der Waals surface area contributed by atoms with Crippen molar-refractivity contribution in [3.8, 4) is 0 Å². The molecule has 2 heterocycles. The number of nitro groups is 1. The first kappa shape index (κ1) is 16.2. The summed E-state index contributed by atoms with van der Waals surface area (Å²) in [5, 5.41) is 20.6. The Hall–Kier alpha value is -3.63. The molecule has 3 aromatic rings. The van der Waals surface area contributed by atoms with Crippen molar-refractivity contribution >= 4 is 11.6 Å². The molecule has 2 aromatic heterocycles. The molecular weight excluding hydrogens is 335 g/mol. The summed E-state index contributed by atoms with van der Waals surface area (Å²) in [6, 6.07) is 5.66. The fourth-order valence-electron chi connectivity index (χ4n) is 1.95. The SMILES string of the molecule is O=C(NCc1ccc(F)cc1)c1nc(Cn2cc([N+](=O)[O-])cn2)no1. The monoisotopic (exact) mass is 346 g/mol. The summed E-state index contributed by atoms with van der Waals surface area (Å²) in [6.07, 6.45) is 2.31. The predicted octanol–water partition coefficient (Wildman–Crippen LogP) is 1.29. The van der Waals surface area contributed by atoms with Gasteiger partial charge in [0, 0.05) is 6.54 Å². The number of rotatable bonds is 6. The average molecular weight is 346 g/mol. The van der Waals surface area contributed by atoms with Crippen molar-refractivity contribution in [1.82, 2.24) is 25.2 Å². The lowest BCUT2D eigenvalue weighted by Crippen LogP contribution is -2.23. The Morgan fingerprint density at radius 2 is 2.12 bits per heavy atom. The second kappa shape index (κ2) is 6.86. The van der Waals surface area contributed by atoms with Crippen LogP contribution in [-0.2, 0) is 13.1 Å². The van der Waals surface area contributed by atoms with Gasteiger partial charge in [0.15, 0.2) is 5.82 Å². The van der Waals surface area contributed by atoms with E-state index in [1.165, 1.54) is 23.0 Å². The van der Waals surface area contributed by atoms with E-state index in [9.17, 15) is 19.3 Å². The van der Waals surface area contributed by atoms with Crippen LogP contribution in [0, 0.1) is 15.9 Å². The van der Waals surface area contributed by atoms with Crippen molar-refractivity contribution in [2.75, 3.05) is 0 Å². The van der Waals surface area contributed by atoms with Crippen LogP contribution in [0.2, 0.25) is 0 Å². The first-order valence-electron chi connectivity index (χ1n) is 7.03. The van der Waals surface area contributed by atoms with Crippen LogP contribution < -0.4 is 5.32 Å². The van der Waals surface area contributed by atoms with E-state index in [4.69, 9.17) is 4.52 Å². The number of hydrogen-bond donors (Lipinski definition) is 1. The topological polar surface area (TPSA) is 129 Å². The van der Waals surface area contributed by atoms with Gasteiger partial charge in [-0.05, 0) is 17.7 Å². The van der Waals surface area contributed by atoms with Crippen molar-refractivity contribution in [2.24, 2.45) is 0 Å². The molecule has 128 valence electrons. The van der Waals surface area contributed by atoms with Crippen LogP contribution in [-0.4, -0.2) is 30.8 Å². The molecule has 1 aromatic carbocycles. The molecule has 25 heavy (non-hydrogen) atoms. The van der Waals surface area contributed by atoms with Gasteiger partial charge in [-0.1, -0.05) is 17.3 Å². The van der Waals surface area contributed by atoms with E-state index in [2.05, 4.69) is 20.6 Å². The fraction of sp³-hybridized carbons (Fsp3) is 0.143. The zero-order chi connectivity index (χ0) is 17.8. The van der Waals surface area contributed by atoms with E-state index < -0.39 is 10.8 Å². The van der Waals surface area contributed by atoms with E-state index >= 15 is 0 Å². The highest BCUT2D eigenvalue weighted by atomic mass is 19.1. The molecule has 0 aliphatic heterocycles. The average Bonchev–Trinajstić information content (AvgIpc) is 3.24. The lowest BCUT2D eigenvalue weighted by molar-refractivity contribution is -0.385. The highest BCUT2D eigenvalue weighted by Crippen LogP contribution is 2.09. The molecule has 0 spiro atoms. The molecule has 0 radical (unpaired) electrons. The van der Waals surface area contributed by atoms with Gasteiger partial charge >= 0.3 is 17.5 Å². The van der Waals surface area contributed by atoms with Crippen LogP contribution >= 0.6 is 0 Å². The van der Waals surface area contributed by atoms with Crippen LogP contribution in [0.15, 0.2) is 41.2 Å². The van der Waals surface area contributed by atoms with Crippen LogP contribution in [0.5, 0.6) is 0 Å². The van der Waals surface area contributed by atoms with Crippen molar-refractivity contribution in [3.05, 3.63) is 69.9 Å². The summed E-state index contributed by atoms with van der Waals surface area (Å²) < 4.78 is 18.9. The normalized spacial score (nSPS) is 10.6. The van der Waals surface area contributed by atoms with Crippen LogP contribution in [0.3, 0.4) is 0 Å². The number of amides is 1. The number of benzene rings is 1. The number of aromatic nitrogens is 4. The molecule has 0 aliphatic rings. The molecule has 11 heteroatoms. The zero-order valence-corrected chi connectivity index (χ0v) is 12.6. The number of nitrogens with one attached hydrogen (secondary N) is 1. The number of nitrogens with zero attached hydrogens (tertiary/aromatic N) is 5. The highest BCUT2D eigenvalue weighted by molar-refractivity contribution is 5.89. The second-order valence-corrected chi connectivity index (χ2v) is 4.98. The largest absolute Gasteiger partial charge is 0.344 e. The summed E-state index contributed by atoms with van der Waals surface area (Å²) in [7, 11) is 0. The van der Waals surface area contributed by atoms with Gasteiger partial charge in [-0.2, -0.15) is 10.1 Å². The summed E-state index contributed by atoms with van der Waals surface area (Å²) >= 11 is 0. The van der Waals surface area contributed by atoms with Gasteiger partial charge in [0.05, 0.1) is 4.92 Å². The van der Waals surface area contributed by atoms with Gasteiger partial charge in [0.2, 0.25) is 0 Å². The number of carbonyl (C=O) groups is 1. The van der Waals surface area contributed by atoms with E-state index in [0.717, 1.165) is 6.20 Å². The van der Waals surface area contributed by atoms with Gasteiger partial charge < -0.3 is 9.84 Å². The third-order valence-electron chi connectivity index (χ3n) is 3.16. The summed E-state index contributed by atoms with van der Waals surface area (Å²) in [5.41, 5.74) is 0.541. The molecule has 0 bridgehead atoms. The Morgan fingerprint density at radius 3 is 2.80 bits per heavy atom. The Morgan fingerprint density at radius 1 is 1.36 bits per heavy atom. The highest BCUT2D eigenvalue weighted by Gasteiger charge is 2.16. The quantitative estimate of drug-likeness (QED) is 0.526. The molecule has 0 saturated heterocycles. The summed E-state index contributed by atoms with van der Waals surface area (Å²) in [6.45, 7) is 0.185. The third kappa shape index (κ3) is 4.02. The predicted molar refractivity (Wildman–Crippen MR) is 79.9 cm³/mol. The van der Waals surface area contributed by atoms with Gasteiger partial charge in [0.1, 0.15) is 24.8 Å². The maximum atomic E-state index is 12.8. The molecule has 0 unspecified atom stereocenters. The zero-order valence-electron chi connectivity index (χ0n) is 12.6. The van der Waals surface area contributed by atoms with E-state index in [1.54, 1.807) is 12.1 Å². The minimum atomic E-state index is -0.588. The van der Waals surface area contributed by atoms with Crippen molar-refractivity contribution in [3.63, 3.8) is 0 Å². The first-order chi connectivity index (χ1) is 12.0. The second-order valence-electron chi connectivity index (χ2n) is 4.98. The Labute approximate surface area is 139 Å². The molecule has 10 nitrogen and oxygen atoms in total. The molecule has 1 amide bonds. The molecule has 1 N–H and O–H groups in total. The fourth-order valence-corrected chi connectivity index (χ4v) is 1.95. The maximum Gasteiger partial charge on any atom is 0.316 e. The summed E-state index contributed by atoms with van der Waals surface area (Å²) in [4.78, 5) is 25.9. The molecule has 0 aliphatic carbocycles. The first-order valence-corrected chi connectivity index (χ1v) is 7.03. The molecule has 0 saturated carbocycles. The van der Waals surface area contributed by atoms with Gasteiger partial charge in [-0.25, -0.2) is 4.39 Å². The number of carbonyl (C=O) groups excluding carboxylic acids is 1. The standard InChI is InChI=1S/C14H11FN6O4/c15-10-3-1-9(2-4-10)5-16-13(22)14-18-12(19-25-14)8-20-7-11(6-17-20)21(23)24/h1-4,6-7H,5,8H2,(H,16,22). The Balaban J connectivity index is 1.59. The minimum Gasteiger partial charge on any atom is -0.344 e. The van der Waals surface area contributed by atoms with Crippen LogP contribution in [0.25, 0.3) is 0 Å². The van der Waals surface area contributed by atoms with E-state index in [0.29, 0.717) is 5.56 Å². The molecule has 0 atom stereocenters. The number of hydrogen-bond acceptors (Lipinski definition) is 7. The van der Waals surface area contributed by atoms with Crippen molar-refractivity contribution in [1.29, 1.82) is 0 Å². The summed E-state index contributed by atoms with van der Waals surface area (Å²) in [5.74, 6) is -1.06. The van der Waals surface area contributed by atoms with Crippen LogP contribution in [0.4, 0.5) is 10.1 Å². The van der Waals surface area contributed by atoms with Crippen LogP contribution in [0.1, 0.15) is 22.1 Å². The third-order valence-corrected chi connectivity index (χ3v) is 3.16. The Kier molecular flexibility index (Phi) is 4.46. The smallest absolute Gasteiger partial charge is 0.316 e. The molecule has 3 rings (SSSR count). The Bertz CT molecular complexity index is 904. The van der Waals surface area contributed by atoms with Crippen molar-refractivity contribution < 1.29 is 18.6 Å². The van der Waals surface area contributed by atoms with Gasteiger partial charge in [-0.3, -0.25) is 19.6 Å². The maximum absolute atomic E-state index is 12.8. The van der Waals surface area contributed by atoms with Gasteiger partial charge in [-0.15, -0.1) is 0 Å². The van der Waals surface area contributed by atoms with E-state index in [-0.39, 0.29) is 36.3 Å².